The second kappa shape index (κ2) is 6.84. The average molecular weight is 248 g/mol. The first-order valence-electron chi connectivity index (χ1n) is 6.15. The minimum Gasteiger partial charge on any atom is -0.497 e. The lowest BCUT2D eigenvalue weighted by atomic mass is 9.98. The van der Waals surface area contributed by atoms with Gasteiger partial charge in [0.05, 0.1) is 13.7 Å². The number of rotatable bonds is 5. The molecule has 1 aromatic rings. The van der Waals surface area contributed by atoms with E-state index in [2.05, 4.69) is 0 Å². The van der Waals surface area contributed by atoms with Gasteiger partial charge in [0.15, 0.2) is 0 Å². The highest BCUT2D eigenvalue weighted by atomic mass is 16.5. The lowest BCUT2D eigenvalue weighted by Crippen LogP contribution is -2.07. The molecule has 0 heterocycles. The molecular formula is C15H20O3. The van der Waals surface area contributed by atoms with Gasteiger partial charge in [0.2, 0.25) is 0 Å². The highest BCUT2D eigenvalue weighted by Gasteiger charge is 2.12. The van der Waals surface area contributed by atoms with E-state index in [1.54, 1.807) is 14.0 Å². The van der Waals surface area contributed by atoms with Crippen LogP contribution in [0, 0.1) is 0 Å². The molecule has 0 bridgehead atoms. The summed E-state index contributed by atoms with van der Waals surface area (Å²) in [5.74, 6) is 0.563. The fraction of sp³-hybridized carbons (Fsp3) is 0.400. The Bertz CT molecular complexity index is 430. The van der Waals surface area contributed by atoms with Crippen LogP contribution in [-0.2, 0) is 9.53 Å². The number of ether oxygens (including phenoxy) is 2. The van der Waals surface area contributed by atoms with Gasteiger partial charge in [-0.2, -0.15) is 0 Å². The summed E-state index contributed by atoms with van der Waals surface area (Å²) < 4.78 is 10.2. The molecule has 0 saturated heterocycles. The number of allylic oxidation sites excluding steroid dienone is 1. The zero-order valence-electron chi connectivity index (χ0n) is 11.4. The lowest BCUT2D eigenvalue weighted by molar-refractivity contribution is -0.138. The van der Waals surface area contributed by atoms with Crippen LogP contribution in [0.1, 0.15) is 32.8 Å². The van der Waals surface area contributed by atoms with E-state index >= 15 is 0 Å². The van der Waals surface area contributed by atoms with Crippen LogP contribution in [0.15, 0.2) is 29.8 Å². The van der Waals surface area contributed by atoms with Gasteiger partial charge in [-0.15, -0.1) is 0 Å². The van der Waals surface area contributed by atoms with Crippen LogP contribution in [0.3, 0.4) is 0 Å². The fourth-order valence-electron chi connectivity index (χ4n) is 1.84. The van der Waals surface area contributed by atoms with E-state index in [1.165, 1.54) is 0 Å². The molecule has 0 N–H and O–H groups in total. The smallest absolute Gasteiger partial charge is 0.333 e. The summed E-state index contributed by atoms with van der Waals surface area (Å²) in [5.41, 5.74) is 2.71. The van der Waals surface area contributed by atoms with E-state index in [0.29, 0.717) is 12.2 Å². The zero-order valence-corrected chi connectivity index (χ0v) is 11.4. The standard InChI is InChI=1S/C15H20O3/c1-5-14(11(3)15(16)18-6-2)12-7-9-13(17-4)10-8-12/h7-10H,5-6H2,1-4H3/b14-11-. The zero-order chi connectivity index (χ0) is 13.5. The number of hydrogen-bond acceptors (Lipinski definition) is 3. The van der Waals surface area contributed by atoms with Gasteiger partial charge >= 0.3 is 5.97 Å². The third-order valence-corrected chi connectivity index (χ3v) is 2.83. The Labute approximate surface area is 108 Å². The fourth-order valence-corrected chi connectivity index (χ4v) is 1.84. The van der Waals surface area contributed by atoms with Crippen molar-refractivity contribution < 1.29 is 14.3 Å². The van der Waals surface area contributed by atoms with Crippen molar-refractivity contribution >= 4 is 11.5 Å². The topological polar surface area (TPSA) is 35.5 Å². The molecular weight excluding hydrogens is 228 g/mol. The summed E-state index contributed by atoms with van der Waals surface area (Å²) in [6.07, 6.45) is 0.789. The van der Waals surface area contributed by atoms with Gasteiger partial charge in [0, 0.05) is 5.57 Å². The van der Waals surface area contributed by atoms with Gasteiger partial charge < -0.3 is 9.47 Å². The molecule has 98 valence electrons. The van der Waals surface area contributed by atoms with Gasteiger partial charge in [0.1, 0.15) is 5.75 Å². The monoisotopic (exact) mass is 248 g/mol. The summed E-state index contributed by atoms with van der Waals surface area (Å²) in [5, 5.41) is 0. The van der Waals surface area contributed by atoms with E-state index in [-0.39, 0.29) is 5.97 Å². The van der Waals surface area contributed by atoms with Crippen molar-refractivity contribution in [2.45, 2.75) is 27.2 Å². The molecule has 3 heteroatoms. The number of carbonyl (C=O) groups is 1. The van der Waals surface area contributed by atoms with Crippen molar-refractivity contribution in [2.24, 2.45) is 0 Å². The average Bonchev–Trinajstić information content (AvgIpc) is 2.40. The van der Waals surface area contributed by atoms with Crippen LogP contribution >= 0.6 is 0 Å². The maximum absolute atomic E-state index is 11.7. The largest absolute Gasteiger partial charge is 0.497 e. The number of methoxy groups -OCH3 is 1. The van der Waals surface area contributed by atoms with Crippen molar-refractivity contribution in [1.29, 1.82) is 0 Å². The highest BCUT2D eigenvalue weighted by Crippen LogP contribution is 2.24. The van der Waals surface area contributed by atoms with E-state index < -0.39 is 0 Å². The second-order valence-electron chi connectivity index (χ2n) is 3.91. The molecule has 0 unspecified atom stereocenters. The summed E-state index contributed by atoms with van der Waals surface area (Å²) in [7, 11) is 1.63. The van der Waals surface area contributed by atoms with Crippen molar-refractivity contribution in [3.8, 4) is 5.75 Å². The summed E-state index contributed by atoms with van der Waals surface area (Å²) in [4.78, 5) is 11.7. The third-order valence-electron chi connectivity index (χ3n) is 2.83. The minimum atomic E-state index is -0.245. The number of hydrogen-bond donors (Lipinski definition) is 0. The highest BCUT2D eigenvalue weighted by molar-refractivity contribution is 5.97. The van der Waals surface area contributed by atoms with Crippen molar-refractivity contribution in [2.75, 3.05) is 13.7 Å². The molecule has 0 fully saturated rings. The van der Waals surface area contributed by atoms with Crippen LogP contribution in [0.4, 0.5) is 0 Å². The van der Waals surface area contributed by atoms with Crippen molar-refractivity contribution in [1.82, 2.24) is 0 Å². The van der Waals surface area contributed by atoms with Gasteiger partial charge in [-0.3, -0.25) is 0 Å². The van der Waals surface area contributed by atoms with E-state index in [9.17, 15) is 4.79 Å². The molecule has 1 aromatic carbocycles. The molecule has 0 spiro atoms. The maximum Gasteiger partial charge on any atom is 0.333 e. The lowest BCUT2D eigenvalue weighted by Gasteiger charge is -2.11. The van der Waals surface area contributed by atoms with Gasteiger partial charge in [-0.05, 0) is 43.5 Å². The van der Waals surface area contributed by atoms with E-state index in [0.717, 1.165) is 23.3 Å². The van der Waals surface area contributed by atoms with Gasteiger partial charge in [-0.25, -0.2) is 4.79 Å². The third kappa shape index (κ3) is 3.36. The van der Waals surface area contributed by atoms with Crippen molar-refractivity contribution in [3.05, 3.63) is 35.4 Å². The maximum atomic E-state index is 11.7. The number of carbonyl (C=O) groups excluding carboxylic acids is 1. The van der Waals surface area contributed by atoms with Gasteiger partial charge in [-0.1, -0.05) is 19.1 Å². The molecule has 0 aromatic heterocycles. The predicted molar refractivity (Wildman–Crippen MR) is 72.5 cm³/mol. The molecule has 18 heavy (non-hydrogen) atoms. The Morgan fingerprint density at radius 1 is 1.17 bits per heavy atom. The van der Waals surface area contributed by atoms with E-state index in [1.807, 2.05) is 38.1 Å². The Balaban J connectivity index is 3.07. The van der Waals surface area contributed by atoms with Crippen molar-refractivity contribution in [3.63, 3.8) is 0 Å². The molecule has 0 saturated carbocycles. The molecule has 0 aliphatic carbocycles. The molecule has 0 radical (unpaired) electrons. The number of esters is 1. The summed E-state index contributed by atoms with van der Waals surface area (Å²) in [6, 6.07) is 7.70. The van der Waals surface area contributed by atoms with Crippen LogP contribution in [0.25, 0.3) is 5.57 Å². The summed E-state index contributed by atoms with van der Waals surface area (Å²) in [6.45, 7) is 6.04. The molecule has 0 amide bonds. The summed E-state index contributed by atoms with van der Waals surface area (Å²) >= 11 is 0. The molecule has 0 aliphatic heterocycles. The normalized spacial score (nSPS) is 11.8. The first-order chi connectivity index (χ1) is 8.63. The molecule has 1 rings (SSSR count). The SMILES string of the molecule is CCOC(=O)/C(C)=C(/CC)c1ccc(OC)cc1. The quantitative estimate of drug-likeness (QED) is 0.591. The Hall–Kier alpha value is -1.77. The molecule has 0 aliphatic rings. The first kappa shape index (κ1) is 14.3. The molecule has 0 atom stereocenters. The van der Waals surface area contributed by atoms with E-state index in [4.69, 9.17) is 9.47 Å². The Kier molecular flexibility index (Phi) is 5.43. The van der Waals surface area contributed by atoms with Crippen LogP contribution in [0.2, 0.25) is 0 Å². The Morgan fingerprint density at radius 2 is 1.78 bits per heavy atom. The predicted octanol–water partition coefficient (Wildman–Crippen LogP) is 3.44. The van der Waals surface area contributed by atoms with Gasteiger partial charge in [0.25, 0.3) is 0 Å². The van der Waals surface area contributed by atoms with Crippen LogP contribution in [-0.4, -0.2) is 19.7 Å². The number of benzene rings is 1. The minimum absolute atomic E-state index is 0.245. The molecule has 3 nitrogen and oxygen atoms in total. The van der Waals surface area contributed by atoms with Crippen LogP contribution < -0.4 is 4.74 Å². The second-order valence-corrected chi connectivity index (χ2v) is 3.91. The van der Waals surface area contributed by atoms with Crippen LogP contribution in [0.5, 0.6) is 5.75 Å². The first-order valence-corrected chi connectivity index (χ1v) is 6.15. The Morgan fingerprint density at radius 3 is 2.22 bits per heavy atom.